The number of aromatic nitrogens is 1. The number of benzene rings is 1. The smallest absolute Gasteiger partial charge is 0.245 e. The fourth-order valence-electron chi connectivity index (χ4n) is 2.01. The van der Waals surface area contributed by atoms with Gasteiger partial charge in [-0.3, -0.25) is 9.36 Å². The van der Waals surface area contributed by atoms with E-state index in [0.29, 0.717) is 6.54 Å². The molecular weight excluding hydrogens is 176 g/mol. The molecule has 3 rings (SSSR count). The van der Waals surface area contributed by atoms with E-state index in [-0.39, 0.29) is 5.91 Å². The highest BCUT2D eigenvalue weighted by Crippen LogP contribution is 2.20. The molecule has 0 atom stereocenters. The first-order chi connectivity index (χ1) is 6.86. The topological polar surface area (TPSA) is 34.0 Å². The summed E-state index contributed by atoms with van der Waals surface area (Å²) in [4.78, 5) is 11.7. The average molecular weight is 186 g/mol. The van der Waals surface area contributed by atoms with E-state index in [9.17, 15) is 4.79 Å². The van der Waals surface area contributed by atoms with Crippen LogP contribution in [0.15, 0.2) is 30.3 Å². The van der Waals surface area contributed by atoms with E-state index >= 15 is 0 Å². The number of carbonyl (C=O) groups excluding carboxylic acids is 1. The Morgan fingerprint density at radius 1 is 1.21 bits per heavy atom. The third-order valence-corrected chi connectivity index (χ3v) is 2.62. The summed E-state index contributed by atoms with van der Waals surface area (Å²) >= 11 is 0. The number of nitrogens with one attached hydrogen (secondary N) is 1. The van der Waals surface area contributed by atoms with Crippen LogP contribution in [0, 0.1) is 0 Å². The first kappa shape index (κ1) is 7.76. The Kier molecular flexibility index (Phi) is 1.49. The van der Waals surface area contributed by atoms with Crippen LogP contribution in [0.3, 0.4) is 0 Å². The van der Waals surface area contributed by atoms with Crippen molar-refractivity contribution in [1.82, 2.24) is 9.88 Å². The maximum Gasteiger partial charge on any atom is 0.245 e. The van der Waals surface area contributed by atoms with Crippen LogP contribution in [0.4, 0.5) is 0 Å². The number of nitrogens with zero attached hydrogens (tertiary/aromatic N) is 1. The molecule has 1 aliphatic rings. The summed E-state index contributed by atoms with van der Waals surface area (Å²) < 4.78 is 1.81. The molecule has 2 aromatic rings. The Morgan fingerprint density at radius 2 is 2.07 bits per heavy atom. The van der Waals surface area contributed by atoms with Crippen LogP contribution in [0.25, 0.3) is 10.9 Å². The number of hydrogen-bond acceptors (Lipinski definition) is 2. The number of carbonyl (C=O) groups is 1. The zero-order valence-corrected chi connectivity index (χ0v) is 7.66. The van der Waals surface area contributed by atoms with Crippen LogP contribution in [0.1, 0.15) is 10.5 Å². The highest BCUT2D eigenvalue weighted by atomic mass is 16.2. The summed E-state index contributed by atoms with van der Waals surface area (Å²) in [5.74, 6) is 0.132. The second-order valence-electron chi connectivity index (χ2n) is 3.53. The lowest BCUT2D eigenvalue weighted by Gasteiger charge is -2.15. The molecule has 3 heteroatoms. The zero-order valence-electron chi connectivity index (χ0n) is 7.66. The molecule has 0 spiro atoms. The molecule has 1 N–H and O–H groups in total. The van der Waals surface area contributed by atoms with E-state index in [1.807, 2.05) is 28.8 Å². The van der Waals surface area contributed by atoms with Crippen LogP contribution in [-0.2, 0) is 6.54 Å². The van der Waals surface area contributed by atoms with Gasteiger partial charge in [0.2, 0.25) is 5.91 Å². The molecule has 0 bridgehead atoms. The van der Waals surface area contributed by atoms with Crippen LogP contribution in [-0.4, -0.2) is 17.0 Å². The normalized spacial score (nSPS) is 15.9. The van der Waals surface area contributed by atoms with Crippen molar-refractivity contribution >= 4 is 16.8 Å². The molecule has 14 heavy (non-hydrogen) atoms. The SMILES string of the molecule is O=C1CNCc2cc3ccccc3n21. The van der Waals surface area contributed by atoms with Crippen LogP contribution in [0.2, 0.25) is 0 Å². The Morgan fingerprint density at radius 3 is 3.00 bits per heavy atom. The fraction of sp³-hybridized carbons (Fsp3) is 0.182. The van der Waals surface area contributed by atoms with Crippen molar-refractivity contribution in [2.45, 2.75) is 6.54 Å². The molecule has 0 saturated heterocycles. The van der Waals surface area contributed by atoms with E-state index in [2.05, 4.69) is 11.4 Å². The van der Waals surface area contributed by atoms with Crippen molar-refractivity contribution < 1.29 is 4.79 Å². The van der Waals surface area contributed by atoms with Gasteiger partial charge in [-0.05, 0) is 12.1 Å². The van der Waals surface area contributed by atoms with Gasteiger partial charge >= 0.3 is 0 Å². The third-order valence-electron chi connectivity index (χ3n) is 2.62. The predicted molar refractivity (Wildman–Crippen MR) is 54.3 cm³/mol. The van der Waals surface area contributed by atoms with Crippen molar-refractivity contribution in [2.75, 3.05) is 6.54 Å². The molecule has 0 radical (unpaired) electrons. The zero-order chi connectivity index (χ0) is 9.54. The molecule has 1 aromatic heterocycles. The standard InChI is InChI=1S/C11H10N2O/c14-11-7-12-6-9-5-8-3-1-2-4-10(8)13(9)11/h1-5,12H,6-7H2. The molecule has 3 nitrogen and oxygen atoms in total. The minimum absolute atomic E-state index is 0.132. The van der Waals surface area contributed by atoms with Crippen LogP contribution >= 0.6 is 0 Å². The maximum absolute atomic E-state index is 11.7. The minimum Gasteiger partial charge on any atom is -0.303 e. The third kappa shape index (κ3) is 0.930. The van der Waals surface area contributed by atoms with Crippen LogP contribution < -0.4 is 5.32 Å². The molecule has 0 amide bonds. The monoisotopic (exact) mass is 186 g/mol. The van der Waals surface area contributed by atoms with E-state index in [4.69, 9.17) is 0 Å². The molecule has 0 unspecified atom stereocenters. The summed E-state index contributed by atoms with van der Waals surface area (Å²) in [7, 11) is 0. The predicted octanol–water partition coefficient (Wildman–Crippen LogP) is 1.38. The van der Waals surface area contributed by atoms with Gasteiger partial charge in [-0.15, -0.1) is 0 Å². The second kappa shape index (κ2) is 2.69. The molecule has 2 heterocycles. The maximum atomic E-state index is 11.7. The lowest BCUT2D eigenvalue weighted by molar-refractivity contribution is 0.0900. The van der Waals surface area contributed by atoms with E-state index in [0.717, 1.165) is 23.1 Å². The molecule has 0 fully saturated rings. The average Bonchev–Trinajstić information content (AvgIpc) is 2.57. The first-order valence-corrected chi connectivity index (χ1v) is 4.69. The fourth-order valence-corrected chi connectivity index (χ4v) is 2.01. The molecular formula is C11H10N2O. The summed E-state index contributed by atoms with van der Waals surface area (Å²) in [6.45, 7) is 1.21. The number of para-hydroxylation sites is 1. The minimum atomic E-state index is 0.132. The molecule has 1 aromatic carbocycles. The first-order valence-electron chi connectivity index (χ1n) is 4.69. The number of fused-ring (bicyclic) bond motifs is 3. The Labute approximate surface area is 81.3 Å². The van der Waals surface area contributed by atoms with Crippen LogP contribution in [0.5, 0.6) is 0 Å². The highest BCUT2D eigenvalue weighted by molar-refractivity contribution is 5.95. The Hall–Kier alpha value is -1.61. The molecule has 0 aliphatic carbocycles. The van der Waals surface area contributed by atoms with Gasteiger partial charge in [0.15, 0.2) is 0 Å². The second-order valence-corrected chi connectivity index (χ2v) is 3.53. The van der Waals surface area contributed by atoms with Crippen molar-refractivity contribution in [3.05, 3.63) is 36.0 Å². The van der Waals surface area contributed by atoms with E-state index in [1.165, 1.54) is 0 Å². The summed E-state index contributed by atoms with van der Waals surface area (Å²) in [5.41, 5.74) is 2.08. The number of rotatable bonds is 0. The largest absolute Gasteiger partial charge is 0.303 e. The molecule has 70 valence electrons. The van der Waals surface area contributed by atoms with Gasteiger partial charge in [-0.2, -0.15) is 0 Å². The summed E-state index contributed by atoms with van der Waals surface area (Å²) in [5, 5.41) is 4.22. The van der Waals surface area contributed by atoms with Crippen molar-refractivity contribution in [2.24, 2.45) is 0 Å². The van der Waals surface area contributed by atoms with Crippen molar-refractivity contribution in [1.29, 1.82) is 0 Å². The van der Waals surface area contributed by atoms with Gasteiger partial charge in [0.05, 0.1) is 12.1 Å². The van der Waals surface area contributed by atoms with Gasteiger partial charge in [-0.1, -0.05) is 18.2 Å². The lowest BCUT2D eigenvalue weighted by atomic mass is 10.2. The van der Waals surface area contributed by atoms with Gasteiger partial charge in [0, 0.05) is 17.6 Å². The Bertz CT molecular complexity index is 513. The van der Waals surface area contributed by atoms with Crippen molar-refractivity contribution in [3.8, 4) is 0 Å². The van der Waals surface area contributed by atoms with Gasteiger partial charge in [0.1, 0.15) is 0 Å². The summed E-state index contributed by atoms with van der Waals surface area (Å²) in [6.07, 6.45) is 0. The highest BCUT2D eigenvalue weighted by Gasteiger charge is 2.18. The van der Waals surface area contributed by atoms with Gasteiger partial charge < -0.3 is 5.32 Å². The quantitative estimate of drug-likeness (QED) is 0.674. The van der Waals surface area contributed by atoms with E-state index in [1.54, 1.807) is 0 Å². The van der Waals surface area contributed by atoms with E-state index < -0.39 is 0 Å². The number of hydrogen-bond donors (Lipinski definition) is 1. The van der Waals surface area contributed by atoms with Gasteiger partial charge in [-0.25, -0.2) is 0 Å². The van der Waals surface area contributed by atoms with Gasteiger partial charge in [0.25, 0.3) is 0 Å². The Balaban J connectivity index is 2.39. The lowest BCUT2D eigenvalue weighted by Crippen LogP contribution is -2.34. The van der Waals surface area contributed by atoms with Crippen molar-refractivity contribution in [3.63, 3.8) is 0 Å². The molecule has 0 saturated carbocycles. The summed E-state index contributed by atoms with van der Waals surface area (Å²) in [6, 6.07) is 10.0. The molecule has 1 aliphatic heterocycles.